The van der Waals surface area contributed by atoms with E-state index in [0.717, 1.165) is 5.69 Å². The first kappa shape index (κ1) is 11.2. The Bertz CT molecular complexity index is 382. The van der Waals surface area contributed by atoms with E-state index in [9.17, 15) is 4.79 Å². The number of aromatic carboxylic acids is 1. The van der Waals surface area contributed by atoms with Crippen LogP contribution >= 0.6 is 0 Å². The van der Waals surface area contributed by atoms with Gasteiger partial charge in [0.15, 0.2) is 0 Å². The largest absolute Gasteiger partial charge is 0.477 e. The van der Waals surface area contributed by atoms with Gasteiger partial charge in [0, 0.05) is 18.4 Å². The number of hydrogen-bond donors (Lipinski definition) is 2. The van der Waals surface area contributed by atoms with Gasteiger partial charge in [0.2, 0.25) is 0 Å². The van der Waals surface area contributed by atoms with Gasteiger partial charge in [0.1, 0.15) is 5.69 Å². The van der Waals surface area contributed by atoms with E-state index in [0.29, 0.717) is 6.54 Å². The molecule has 0 unspecified atom stereocenters. The molecule has 0 amide bonds. The summed E-state index contributed by atoms with van der Waals surface area (Å²) in [6, 6.07) is 3.26. The molecule has 80 valence electrons. The van der Waals surface area contributed by atoms with Gasteiger partial charge in [-0.1, -0.05) is 11.6 Å². The molecule has 4 heteroatoms. The van der Waals surface area contributed by atoms with Gasteiger partial charge in [-0.15, -0.1) is 0 Å². The van der Waals surface area contributed by atoms with Crippen molar-refractivity contribution < 1.29 is 9.90 Å². The van der Waals surface area contributed by atoms with Gasteiger partial charge in [-0.25, -0.2) is 9.78 Å². The molecule has 0 aliphatic rings. The van der Waals surface area contributed by atoms with Crippen LogP contribution in [-0.4, -0.2) is 22.6 Å². The summed E-state index contributed by atoms with van der Waals surface area (Å²) < 4.78 is 0. The Morgan fingerprint density at radius 1 is 1.60 bits per heavy atom. The van der Waals surface area contributed by atoms with Crippen LogP contribution < -0.4 is 5.32 Å². The van der Waals surface area contributed by atoms with Gasteiger partial charge in [0.25, 0.3) is 0 Å². The molecule has 0 aliphatic carbocycles. The van der Waals surface area contributed by atoms with Gasteiger partial charge in [-0.05, 0) is 26.0 Å². The van der Waals surface area contributed by atoms with Crippen molar-refractivity contribution in [2.45, 2.75) is 13.8 Å². The Morgan fingerprint density at radius 2 is 2.33 bits per heavy atom. The van der Waals surface area contributed by atoms with Gasteiger partial charge in [0.05, 0.1) is 0 Å². The van der Waals surface area contributed by atoms with E-state index in [2.05, 4.69) is 10.3 Å². The topological polar surface area (TPSA) is 62.2 Å². The number of carboxylic acids is 1. The highest BCUT2D eigenvalue weighted by Crippen LogP contribution is 2.07. The highest BCUT2D eigenvalue weighted by Gasteiger charge is 2.03. The molecule has 0 aliphatic heterocycles. The molecule has 0 radical (unpaired) electrons. The molecule has 0 fully saturated rings. The zero-order valence-electron chi connectivity index (χ0n) is 8.82. The van der Waals surface area contributed by atoms with Crippen molar-refractivity contribution in [1.29, 1.82) is 0 Å². The highest BCUT2D eigenvalue weighted by molar-refractivity contribution is 5.86. The van der Waals surface area contributed by atoms with Crippen LogP contribution in [-0.2, 0) is 0 Å². The molecule has 1 aromatic rings. The number of nitrogens with one attached hydrogen (secondary N) is 1. The van der Waals surface area contributed by atoms with E-state index >= 15 is 0 Å². The third-order valence-electron chi connectivity index (χ3n) is 1.80. The lowest BCUT2D eigenvalue weighted by Gasteiger charge is -2.03. The number of anilines is 1. The number of pyridine rings is 1. The number of rotatable bonds is 4. The van der Waals surface area contributed by atoms with Crippen molar-refractivity contribution in [2.24, 2.45) is 0 Å². The van der Waals surface area contributed by atoms with Crippen LogP contribution in [0.2, 0.25) is 0 Å². The predicted octanol–water partition coefficient (Wildman–Crippen LogP) is 2.16. The fraction of sp³-hybridized carbons (Fsp3) is 0.273. The Hall–Kier alpha value is -1.84. The maximum absolute atomic E-state index is 10.6. The predicted molar refractivity (Wildman–Crippen MR) is 59.1 cm³/mol. The van der Waals surface area contributed by atoms with Crippen LogP contribution in [0.4, 0.5) is 5.69 Å². The third kappa shape index (κ3) is 3.81. The van der Waals surface area contributed by atoms with Gasteiger partial charge < -0.3 is 10.4 Å². The Balaban J connectivity index is 2.66. The molecule has 0 spiro atoms. The maximum Gasteiger partial charge on any atom is 0.354 e. The molecule has 15 heavy (non-hydrogen) atoms. The maximum atomic E-state index is 10.6. The van der Waals surface area contributed by atoms with Gasteiger partial charge >= 0.3 is 5.97 Å². The van der Waals surface area contributed by atoms with Crippen LogP contribution in [0.25, 0.3) is 0 Å². The minimum absolute atomic E-state index is 0.0530. The molecule has 1 aromatic heterocycles. The van der Waals surface area contributed by atoms with E-state index in [1.54, 1.807) is 6.07 Å². The first-order valence-electron chi connectivity index (χ1n) is 4.66. The van der Waals surface area contributed by atoms with Crippen molar-refractivity contribution in [3.05, 3.63) is 35.7 Å². The number of carboxylic acid groups (broad SMARTS) is 1. The zero-order chi connectivity index (χ0) is 11.3. The molecule has 1 heterocycles. The number of allylic oxidation sites excluding steroid dienone is 1. The monoisotopic (exact) mass is 206 g/mol. The Morgan fingerprint density at radius 3 is 2.93 bits per heavy atom. The summed E-state index contributed by atoms with van der Waals surface area (Å²) in [5.41, 5.74) is 2.03. The summed E-state index contributed by atoms with van der Waals surface area (Å²) in [6.45, 7) is 4.71. The fourth-order valence-electron chi connectivity index (χ4n) is 1.03. The quantitative estimate of drug-likeness (QED) is 0.741. The summed E-state index contributed by atoms with van der Waals surface area (Å²) in [4.78, 5) is 14.4. The van der Waals surface area contributed by atoms with Crippen LogP contribution in [0, 0.1) is 0 Å². The van der Waals surface area contributed by atoms with Gasteiger partial charge in [-0.2, -0.15) is 0 Å². The average molecular weight is 206 g/mol. The zero-order valence-corrected chi connectivity index (χ0v) is 8.82. The second-order valence-corrected chi connectivity index (χ2v) is 3.40. The fourth-order valence-corrected chi connectivity index (χ4v) is 1.03. The van der Waals surface area contributed by atoms with Crippen LogP contribution in [0.5, 0.6) is 0 Å². The molecule has 2 N–H and O–H groups in total. The van der Waals surface area contributed by atoms with Crippen LogP contribution in [0.15, 0.2) is 30.0 Å². The standard InChI is InChI=1S/C11H14N2O2/c1-8(2)3-5-12-9-4-6-13-10(7-9)11(14)15/h3-4,6-7H,5H2,1-2H3,(H,12,13)(H,14,15). The number of nitrogens with zero attached hydrogens (tertiary/aromatic N) is 1. The number of carbonyl (C=O) groups is 1. The molecule has 1 rings (SSSR count). The summed E-state index contributed by atoms with van der Waals surface area (Å²) in [6.07, 6.45) is 3.51. The van der Waals surface area contributed by atoms with E-state index in [1.807, 2.05) is 19.9 Å². The number of hydrogen-bond acceptors (Lipinski definition) is 3. The molecule has 0 saturated heterocycles. The molecule has 0 aromatic carbocycles. The molecule has 0 bridgehead atoms. The summed E-state index contributed by atoms with van der Waals surface area (Å²) >= 11 is 0. The molecule has 4 nitrogen and oxygen atoms in total. The lowest BCUT2D eigenvalue weighted by molar-refractivity contribution is 0.0690. The van der Waals surface area contributed by atoms with E-state index in [-0.39, 0.29) is 5.69 Å². The average Bonchev–Trinajstić information content (AvgIpc) is 2.17. The summed E-state index contributed by atoms with van der Waals surface area (Å²) in [7, 11) is 0. The van der Waals surface area contributed by atoms with E-state index in [4.69, 9.17) is 5.11 Å². The van der Waals surface area contributed by atoms with Crippen molar-refractivity contribution in [1.82, 2.24) is 4.98 Å². The van der Waals surface area contributed by atoms with Crippen molar-refractivity contribution >= 4 is 11.7 Å². The molecular weight excluding hydrogens is 192 g/mol. The lowest BCUT2D eigenvalue weighted by Crippen LogP contribution is -2.03. The lowest BCUT2D eigenvalue weighted by atomic mass is 10.3. The summed E-state index contributed by atoms with van der Waals surface area (Å²) in [5, 5.41) is 11.8. The highest BCUT2D eigenvalue weighted by atomic mass is 16.4. The Labute approximate surface area is 88.7 Å². The van der Waals surface area contributed by atoms with Gasteiger partial charge in [-0.3, -0.25) is 0 Å². The van der Waals surface area contributed by atoms with Crippen molar-refractivity contribution in [3.8, 4) is 0 Å². The normalized spacial score (nSPS) is 9.47. The number of aromatic nitrogens is 1. The van der Waals surface area contributed by atoms with E-state index in [1.165, 1.54) is 17.8 Å². The second-order valence-electron chi connectivity index (χ2n) is 3.40. The summed E-state index contributed by atoms with van der Waals surface area (Å²) in [5.74, 6) is -1.01. The minimum Gasteiger partial charge on any atom is -0.477 e. The van der Waals surface area contributed by atoms with E-state index < -0.39 is 5.97 Å². The molecule has 0 atom stereocenters. The van der Waals surface area contributed by atoms with Crippen LogP contribution in [0.1, 0.15) is 24.3 Å². The van der Waals surface area contributed by atoms with Crippen molar-refractivity contribution in [2.75, 3.05) is 11.9 Å². The first-order valence-corrected chi connectivity index (χ1v) is 4.66. The third-order valence-corrected chi connectivity index (χ3v) is 1.80. The molecular formula is C11H14N2O2. The van der Waals surface area contributed by atoms with Crippen molar-refractivity contribution in [3.63, 3.8) is 0 Å². The smallest absolute Gasteiger partial charge is 0.354 e. The Kier molecular flexibility index (Phi) is 3.85. The minimum atomic E-state index is -1.01. The first-order chi connectivity index (χ1) is 7.09. The second kappa shape index (κ2) is 5.14. The SMILES string of the molecule is CC(C)=CCNc1ccnc(C(=O)O)c1. The van der Waals surface area contributed by atoms with Crippen LogP contribution in [0.3, 0.4) is 0 Å². The molecule has 0 saturated carbocycles.